The number of ether oxygens (including phenoxy) is 1. The lowest BCUT2D eigenvalue weighted by Crippen LogP contribution is -2.47. The van der Waals surface area contributed by atoms with Gasteiger partial charge in [0.1, 0.15) is 17.6 Å². The van der Waals surface area contributed by atoms with Crippen molar-refractivity contribution in [2.24, 2.45) is 0 Å². The Morgan fingerprint density at radius 3 is 2.79 bits per heavy atom. The number of nitrogens with one attached hydrogen (secondary N) is 2. The SMILES string of the molecule is C[C@@H](Oc1cccc(Br)c1)C(=O)N[C@H](Cc1c[nH]c2cc(F)ccc12)C(=O)O. The molecule has 28 heavy (non-hydrogen) atoms. The van der Waals surface area contributed by atoms with E-state index in [9.17, 15) is 19.1 Å². The molecular weight excluding hydrogens is 431 g/mol. The third-order valence-electron chi connectivity index (χ3n) is 4.25. The van der Waals surface area contributed by atoms with Crippen LogP contribution in [0.1, 0.15) is 12.5 Å². The Labute approximate surface area is 168 Å². The van der Waals surface area contributed by atoms with E-state index >= 15 is 0 Å². The van der Waals surface area contributed by atoms with Crippen LogP contribution in [-0.4, -0.2) is 34.1 Å². The quantitative estimate of drug-likeness (QED) is 0.514. The molecule has 1 heterocycles. The zero-order valence-electron chi connectivity index (χ0n) is 14.9. The van der Waals surface area contributed by atoms with Crippen molar-refractivity contribution < 1.29 is 23.8 Å². The normalized spacial score (nSPS) is 13.1. The summed E-state index contributed by atoms with van der Waals surface area (Å²) in [4.78, 5) is 27.0. The Morgan fingerprint density at radius 1 is 1.29 bits per heavy atom. The van der Waals surface area contributed by atoms with Gasteiger partial charge in [-0.15, -0.1) is 0 Å². The maximum atomic E-state index is 13.3. The molecule has 3 N–H and O–H groups in total. The van der Waals surface area contributed by atoms with Gasteiger partial charge in [-0.3, -0.25) is 4.79 Å². The molecule has 1 aromatic heterocycles. The van der Waals surface area contributed by atoms with Crippen LogP contribution in [0.4, 0.5) is 4.39 Å². The van der Waals surface area contributed by atoms with Gasteiger partial charge in [-0.2, -0.15) is 0 Å². The van der Waals surface area contributed by atoms with Crippen molar-refractivity contribution >= 4 is 38.7 Å². The van der Waals surface area contributed by atoms with E-state index in [1.165, 1.54) is 12.1 Å². The molecule has 0 bridgehead atoms. The number of carbonyl (C=O) groups is 2. The van der Waals surface area contributed by atoms with Gasteiger partial charge in [-0.05, 0) is 48.9 Å². The van der Waals surface area contributed by atoms with Crippen molar-refractivity contribution in [3.63, 3.8) is 0 Å². The fourth-order valence-electron chi connectivity index (χ4n) is 2.83. The molecule has 2 aromatic carbocycles. The number of amides is 1. The highest BCUT2D eigenvalue weighted by Gasteiger charge is 2.25. The second-order valence-corrected chi connectivity index (χ2v) is 7.24. The summed E-state index contributed by atoms with van der Waals surface area (Å²) in [5, 5.41) is 12.7. The average Bonchev–Trinajstić information content (AvgIpc) is 3.02. The van der Waals surface area contributed by atoms with Gasteiger partial charge < -0.3 is 20.1 Å². The number of fused-ring (bicyclic) bond motifs is 1. The number of aromatic amines is 1. The van der Waals surface area contributed by atoms with Gasteiger partial charge in [-0.1, -0.05) is 22.0 Å². The summed E-state index contributed by atoms with van der Waals surface area (Å²) in [5.74, 6) is -1.61. The molecule has 146 valence electrons. The summed E-state index contributed by atoms with van der Waals surface area (Å²) in [6, 6.07) is 10.1. The van der Waals surface area contributed by atoms with Crippen LogP contribution in [0.2, 0.25) is 0 Å². The minimum absolute atomic E-state index is 0.0519. The first kappa shape index (κ1) is 19.9. The Kier molecular flexibility index (Phi) is 5.99. The van der Waals surface area contributed by atoms with Crippen LogP contribution in [0, 0.1) is 5.82 Å². The van der Waals surface area contributed by atoms with Crippen LogP contribution >= 0.6 is 15.9 Å². The standard InChI is InChI=1S/C20H18BrFN2O4/c1-11(28-15-4-2-3-13(21)8-15)19(25)24-18(20(26)27)7-12-10-23-17-9-14(22)5-6-16(12)17/h2-6,8-11,18,23H,7H2,1H3,(H,24,25)(H,26,27)/t11-,18-/m1/s1. The zero-order chi connectivity index (χ0) is 20.3. The van der Waals surface area contributed by atoms with E-state index in [0.717, 1.165) is 4.47 Å². The van der Waals surface area contributed by atoms with Crippen LogP contribution in [0.15, 0.2) is 53.1 Å². The maximum absolute atomic E-state index is 13.3. The molecule has 2 atom stereocenters. The van der Waals surface area contributed by atoms with E-state index in [0.29, 0.717) is 22.2 Å². The molecule has 8 heteroatoms. The Bertz CT molecular complexity index is 1020. The lowest BCUT2D eigenvalue weighted by molar-refractivity contribution is -0.142. The Balaban J connectivity index is 1.69. The van der Waals surface area contributed by atoms with Crippen LogP contribution in [0.3, 0.4) is 0 Å². The van der Waals surface area contributed by atoms with Crippen molar-refractivity contribution in [1.29, 1.82) is 0 Å². The van der Waals surface area contributed by atoms with E-state index < -0.39 is 24.0 Å². The second-order valence-electron chi connectivity index (χ2n) is 6.32. The zero-order valence-corrected chi connectivity index (χ0v) is 16.5. The smallest absolute Gasteiger partial charge is 0.326 e. The first-order valence-electron chi connectivity index (χ1n) is 8.54. The second kappa shape index (κ2) is 8.43. The first-order valence-corrected chi connectivity index (χ1v) is 9.33. The molecule has 0 aliphatic rings. The number of rotatable bonds is 7. The largest absolute Gasteiger partial charge is 0.481 e. The van der Waals surface area contributed by atoms with Crippen molar-refractivity contribution in [2.75, 3.05) is 0 Å². The highest BCUT2D eigenvalue weighted by Crippen LogP contribution is 2.21. The molecule has 0 fully saturated rings. The number of carboxylic acids is 1. The average molecular weight is 449 g/mol. The monoisotopic (exact) mass is 448 g/mol. The molecule has 3 aromatic rings. The molecule has 0 aliphatic carbocycles. The van der Waals surface area contributed by atoms with E-state index in [-0.39, 0.29) is 12.2 Å². The van der Waals surface area contributed by atoms with E-state index in [1.807, 2.05) is 6.07 Å². The number of benzene rings is 2. The molecule has 0 saturated heterocycles. The summed E-state index contributed by atoms with van der Waals surface area (Å²) in [6.07, 6.45) is 0.789. The number of halogens is 2. The fourth-order valence-corrected chi connectivity index (χ4v) is 3.21. The van der Waals surface area contributed by atoms with Crippen molar-refractivity contribution in [3.05, 3.63) is 64.5 Å². The predicted octanol–water partition coefficient (Wildman–Crippen LogP) is 3.65. The molecule has 0 spiro atoms. The molecule has 6 nitrogen and oxygen atoms in total. The molecule has 0 aliphatic heterocycles. The van der Waals surface area contributed by atoms with Gasteiger partial charge in [0.2, 0.25) is 0 Å². The Hall–Kier alpha value is -2.87. The molecule has 0 radical (unpaired) electrons. The van der Waals surface area contributed by atoms with Crippen LogP contribution in [0.25, 0.3) is 10.9 Å². The summed E-state index contributed by atoms with van der Waals surface area (Å²) < 4.78 is 19.7. The fraction of sp³-hybridized carbons (Fsp3) is 0.200. The number of H-pyrrole nitrogens is 1. The lowest BCUT2D eigenvalue weighted by atomic mass is 10.0. The van der Waals surface area contributed by atoms with Gasteiger partial charge in [-0.25, -0.2) is 9.18 Å². The number of hydrogen-bond acceptors (Lipinski definition) is 3. The van der Waals surface area contributed by atoms with Crippen LogP contribution in [0.5, 0.6) is 5.75 Å². The summed E-state index contributed by atoms with van der Waals surface area (Å²) in [7, 11) is 0. The van der Waals surface area contributed by atoms with Crippen LogP contribution in [-0.2, 0) is 16.0 Å². The topological polar surface area (TPSA) is 91.4 Å². The maximum Gasteiger partial charge on any atom is 0.326 e. The summed E-state index contributed by atoms with van der Waals surface area (Å²) in [6.45, 7) is 1.55. The summed E-state index contributed by atoms with van der Waals surface area (Å²) in [5.41, 5.74) is 1.24. The minimum atomic E-state index is -1.17. The Morgan fingerprint density at radius 2 is 2.07 bits per heavy atom. The molecular formula is C20H18BrFN2O4. The van der Waals surface area contributed by atoms with E-state index in [2.05, 4.69) is 26.2 Å². The number of carboxylic acid groups (broad SMARTS) is 1. The van der Waals surface area contributed by atoms with Gasteiger partial charge >= 0.3 is 5.97 Å². The van der Waals surface area contributed by atoms with Crippen LogP contribution < -0.4 is 10.1 Å². The predicted molar refractivity (Wildman–Crippen MR) is 106 cm³/mol. The molecule has 1 amide bonds. The van der Waals surface area contributed by atoms with Crippen molar-refractivity contribution in [1.82, 2.24) is 10.3 Å². The van der Waals surface area contributed by atoms with Gasteiger partial charge in [0.05, 0.1) is 0 Å². The number of hydrogen-bond donors (Lipinski definition) is 3. The van der Waals surface area contributed by atoms with Crippen molar-refractivity contribution in [3.8, 4) is 5.75 Å². The molecule has 0 unspecified atom stereocenters. The third-order valence-corrected chi connectivity index (χ3v) is 4.74. The molecule has 3 rings (SSSR count). The highest BCUT2D eigenvalue weighted by molar-refractivity contribution is 9.10. The lowest BCUT2D eigenvalue weighted by Gasteiger charge is -2.19. The highest BCUT2D eigenvalue weighted by atomic mass is 79.9. The van der Waals surface area contributed by atoms with E-state index in [4.69, 9.17) is 4.74 Å². The van der Waals surface area contributed by atoms with E-state index in [1.54, 1.807) is 37.4 Å². The molecule has 0 saturated carbocycles. The number of aromatic nitrogens is 1. The van der Waals surface area contributed by atoms with Gasteiger partial charge in [0.15, 0.2) is 6.10 Å². The number of carbonyl (C=O) groups excluding carboxylic acids is 1. The first-order chi connectivity index (χ1) is 13.3. The third kappa shape index (κ3) is 4.69. The minimum Gasteiger partial charge on any atom is -0.481 e. The van der Waals surface area contributed by atoms with Gasteiger partial charge in [0.25, 0.3) is 5.91 Å². The summed E-state index contributed by atoms with van der Waals surface area (Å²) >= 11 is 3.32. The number of aliphatic carboxylic acids is 1. The van der Waals surface area contributed by atoms with Gasteiger partial charge in [0, 0.05) is 28.0 Å². The van der Waals surface area contributed by atoms with Crippen molar-refractivity contribution in [2.45, 2.75) is 25.5 Å².